The van der Waals surface area contributed by atoms with Crippen molar-refractivity contribution in [3.05, 3.63) is 40.1 Å². The zero-order chi connectivity index (χ0) is 18.6. The lowest BCUT2D eigenvalue weighted by Crippen LogP contribution is -2.02. The predicted octanol–water partition coefficient (Wildman–Crippen LogP) is 3.56. The van der Waals surface area contributed by atoms with E-state index >= 15 is 0 Å². The number of halogens is 1. The van der Waals surface area contributed by atoms with Gasteiger partial charge in [0, 0.05) is 37.4 Å². The second-order valence-electron chi connectivity index (χ2n) is 5.28. The summed E-state index contributed by atoms with van der Waals surface area (Å²) in [4.78, 5) is 10.7. The van der Waals surface area contributed by atoms with E-state index < -0.39 is 5.97 Å². The first-order valence-corrected chi connectivity index (χ1v) is 7.75. The number of nitrogens with zero attached hydrogens (tertiary/aromatic N) is 2. The van der Waals surface area contributed by atoms with Gasteiger partial charge in [0.2, 0.25) is 5.88 Å². The lowest BCUT2D eigenvalue weighted by Gasteiger charge is -2.13. The SMILES string of the molecule is COCOc1cc(Oc2c(C)c(C)nn2C)c(Cl)cc1C=CC(=O)O. The molecule has 0 unspecified atom stereocenters. The maximum atomic E-state index is 10.7. The number of aliphatic carboxylic acids is 1. The highest BCUT2D eigenvalue weighted by Crippen LogP contribution is 2.37. The molecule has 0 amide bonds. The average Bonchev–Trinajstić information content (AvgIpc) is 2.79. The molecule has 0 aliphatic carbocycles. The number of aromatic nitrogens is 2. The molecule has 1 N–H and O–H groups in total. The highest BCUT2D eigenvalue weighted by molar-refractivity contribution is 6.32. The molecule has 2 aromatic rings. The van der Waals surface area contributed by atoms with Crippen LogP contribution in [0, 0.1) is 13.8 Å². The monoisotopic (exact) mass is 366 g/mol. The van der Waals surface area contributed by atoms with Crippen molar-refractivity contribution in [1.82, 2.24) is 9.78 Å². The number of hydrogen-bond acceptors (Lipinski definition) is 5. The van der Waals surface area contributed by atoms with Crippen molar-refractivity contribution in [3.63, 3.8) is 0 Å². The number of carboxylic acids is 1. The molecule has 0 bridgehead atoms. The van der Waals surface area contributed by atoms with Crippen LogP contribution < -0.4 is 9.47 Å². The van der Waals surface area contributed by atoms with Gasteiger partial charge in [0.05, 0.1) is 10.7 Å². The smallest absolute Gasteiger partial charge is 0.328 e. The van der Waals surface area contributed by atoms with Gasteiger partial charge in [0.15, 0.2) is 12.5 Å². The summed E-state index contributed by atoms with van der Waals surface area (Å²) in [6.45, 7) is 3.79. The highest BCUT2D eigenvalue weighted by atomic mass is 35.5. The van der Waals surface area contributed by atoms with E-state index in [0.29, 0.717) is 28.0 Å². The normalized spacial score (nSPS) is 11.1. The number of benzene rings is 1. The molecule has 0 saturated carbocycles. The van der Waals surface area contributed by atoms with Gasteiger partial charge in [-0.1, -0.05) is 11.6 Å². The van der Waals surface area contributed by atoms with Crippen LogP contribution in [0.15, 0.2) is 18.2 Å². The summed E-state index contributed by atoms with van der Waals surface area (Å²) >= 11 is 6.29. The van der Waals surface area contributed by atoms with Crippen molar-refractivity contribution in [2.75, 3.05) is 13.9 Å². The Morgan fingerprint density at radius 3 is 2.64 bits per heavy atom. The molecule has 0 fully saturated rings. The molecule has 0 saturated heterocycles. The molecular formula is C17H19ClN2O5. The summed E-state index contributed by atoms with van der Waals surface area (Å²) in [6, 6.07) is 3.16. The lowest BCUT2D eigenvalue weighted by molar-refractivity contribution is -0.131. The summed E-state index contributed by atoms with van der Waals surface area (Å²) in [5.41, 5.74) is 2.24. The number of aryl methyl sites for hydroxylation is 2. The van der Waals surface area contributed by atoms with Crippen LogP contribution in [0.4, 0.5) is 0 Å². The molecule has 134 valence electrons. The van der Waals surface area contributed by atoms with E-state index in [1.165, 1.54) is 13.2 Å². The zero-order valence-electron chi connectivity index (χ0n) is 14.4. The first-order chi connectivity index (χ1) is 11.8. The third-order valence-corrected chi connectivity index (χ3v) is 3.76. The van der Waals surface area contributed by atoms with Gasteiger partial charge in [-0.3, -0.25) is 0 Å². The van der Waals surface area contributed by atoms with Crippen LogP contribution in [0.25, 0.3) is 6.08 Å². The van der Waals surface area contributed by atoms with Gasteiger partial charge < -0.3 is 19.3 Å². The van der Waals surface area contributed by atoms with Crippen LogP contribution in [0.5, 0.6) is 17.4 Å². The highest BCUT2D eigenvalue weighted by Gasteiger charge is 2.16. The van der Waals surface area contributed by atoms with E-state index in [4.69, 9.17) is 30.9 Å². The molecule has 1 heterocycles. The van der Waals surface area contributed by atoms with Gasteiger partial charge >= 0.3 is 5.97 Å². The van der Waals surface area contributed by atoms with Gasteiger partial charge in [0.1, 0.15) is 5.75 Å². The minimum absolute atomic E-state index is 0.00116. The molecule has 25 heavy (non-hydrogen) atoms. The molecule has 8 heteroatoms. The molecule has 0 radical (unpaired) electrons. The number of ether oxygens (including phenoxy) is 3. The summed E-state index contributed by atoms with van der Waals surface area (Å²) in [5, 5.41) is 13.4. The molecule has 0 aliphatic rings. The summed E-state index contributed by atoms with van der Waals surface area (Å²) < 4.78 is 17.9. The molecule has 0 spiro atoms. The quantitative estimate of drug-likeness (QED) is 0.596. The lowest BCUT2D eigenvalue weighted by atomic mass is 10.1. The zero-order valence-corrected chi connectivity index (χ0v) is 15.1. The summed E-state index contributed by atoms with van der Waals surface area (Å²) in [7, 11) is 3.26. The fraction of sp³-hybridized carbons (Fsp3) is 0.294. The Morgan fingerprint density at radius 2 is 2.08 bits per heavy atom. The second kappa shape index (κ2) is 8.04. The van der Waals surface area contributed by atoms with E-state index in [1.807, 2.05) is 13.8 Å². The van der Waals surface area contributed by atoms with Gasteiger partial charge in [-0.05, 0) is 26.0 Å². The van der Waals surface area contributed by atoms with Crippen molar-refractivity contribution in [3.8, 4) is 17.4 Å². The van der Waals surface area contributed by atoms with Crippen LogP contribution in [-0.4, -0.2) is 34.8 Å². The third-order valence-electron chi connectivity index (χ3n) is 3.47. The Balaban J connectivity index is 2.43. The first kappa shape index (κ1) is 18.8. The van der Waals surface area contributed by atoms with Crippen LogP contribution in [0.2, 0.25) is 5.02 Å². The molecule has 1 aromatic carbocycles. The number of carboxylic acid groups (broad SMARTS) is 1. The maximum Gasteiger partial charge on any atom is 0.328 e. The minimum atomic E-state index is -1.07. The molecule has 1 aromatic heterocycles. The summed E-state index contributed by atoms with van der Waals surface area (Å²) in [6.07, 6.45) is 2.39. The van der Waals surface area contributed by atoms with Crippen LogP contribution in [-0.2, 0) is 16.6 Å². The van der Waals surface area contributed by atoms with Gasteiger partial charge in [0.25, 0.3) is 0 Å². The van der Waals surface area contributed by atoms with E-state index in [-0.39, 0.29) is 6.79 Å². The topological polar surface area (TPSA) is 82.8 Å². The predicted molar refractivity (Wildman–Crippen MR) is 93.4 cm³/mol. The first-order valence-electron chi connectivity index (χ1n) is 7.37. The fourth-order valence-electron chi connectivity index (χ4n) is 2.16. The van der Waals surface area contributed by atoms with E-state index in [2.05, 4.69) is 5.10 Å². The largest absolute Gasteiger partial charge is 0.478 e. The standard InChI is InChI=1S/C17H19ClN2O5/c1-10-11(2)19-20(3)17(10)25-15-8-14(24-9-23-4)12(7-13(15)18)5-6-16(21)22/h5-8H,9H2,1-4H3,(H,21,22). The van der Waals surface area contributed by atoms with E-state index in [0.717, 1.165) is 17.3 Å². The number of methoxy groups -OCH3 is 1. The van der Waals surface area contributed by atoms with E-state index in [1.54, 1.807) is 23.9 Å². The Labute approximate surface area is 150 Å². The molecule has 0 aliphatic heterocycles. The Kier molecular flexibility index (Phi) is 6.06. The Morgan fingerprint density at radius 1 is 1.36 bits per heavy atom. The molecule has 2 rings (SSSR count). The molecule has 7 nitrogen and oxygen atoms in total. The van der Waals surface area contributed by atoms with Crippen LogP contribution >= 0.6 is 11.6 Å². The van der Waals surface area contributed by atoms with Gasteiger partial charge in [-0.2, -0.15) is 5.10 Å². The van der Waals surface area contributed by atoms with Crippen molar-refractivity contribution in [1.29, 1.82) is 0 Å². The number of carbonyl (C=O) groups is 1. The third kappa shape index (κ3) is 4.52. The van der Waals surface area contributed by atoms with Crippen molar-refractivity contribution < 1.29 is 24.1 Å². The van der Waals surface area contributed by atoms with Crippen molar-refractivity contribution in [2.24, 2.45) is 7.05 Å². The average molecular weight is 367 g/mol. The van der Waals surface area contributed by atoms with Gasteiger partial charge in [-0.15, -0.1) is 0 Å². The number of rotatable bonds is 7. The molecule has 0 atom stereocenters. The van der Waals surface area contributed by atoms with Crippen LogP contribution in [0.3, 0.4) is 0 Å². The number of hydrogen-bond donors (Lipinski definition) is 1. The van der Waals surface area contributed by atoms with Gasteiger partial charge in [-0.25, -0.2) is 9.48 Å². The Hall–Kier alpha value is -2.51. The maximum absolute atomic E-state index is 10.7. The minimum Gasteiger partial charge on any atom is -0.478 e. The molecular weight excluding hydrogens is 348 g/mol. The fourth-order valence-corrected chi connectivity index (χ4v) is 2.37. The summed E-state index contributed by atoms with van der Waals surface area (Å²) in [5.74, 6) is 0.239. The second-order valence-corrected chi connectivity index (χ2v) is 5.69. The van der Waals surface area contributed by atoms with Crippen LogP contribution in [0.1, 0.15) is 16.8 Å². The van der Waals surface area contributed by atoms with Crippen molar-refractivity contribution >= 4 is 23.6 Å². The Bertz CT molecular complexity index is 814. The van der Waals surface area contributed by atoms with Crippen molar-refractivity contribution in [2.45, 2.75) is 13.8 Å². The van der Waals surface area contributed by atoms with E-state index in [9.17, 15) is 4.79 Å².